The van der Waals surface area contributed by atoms with Gasteiger partial charge in [-0.05, 0) is 42.0 Å². The van der Waals surface area contributed by atoms with E-state index in [0.717, 1.165) is 27.7 Å². The summed E-state index contributed by atoms with van der Waals surface area (Å²) in [5.74, 6) is 0.629. The zero-order chi connectivity index (χ0) is 21.9. The van der Waals surface area contributed by atoms with Gasteiger partial charge in [0.25, 0.3) is 5.91 Å². The zero-order valence-electron chi connectivity index (χ0n) is 17.8. The molecule has 2 aliphatic rings. The molecule has 1 aromatic heterocycles. The number of rotatable bonds is 8. The molecule has 0 unspecified atom stereocenters. The fraction of sp³-hybridized carbons (Fsp3) is 0.346. The molecule has 0 spiro atoms. The van der Waals surface area contributed by atoms with Gasteiger partial charge in [0.15, 0.2) is 5.76 Å². The summed E-state index contributed by atoms with van der Waals surface area (Å²) in [4.78, 5) is 12.8. The number of carbonyl (C=O) groups excluding carboxylic acids is 1. The lowest BCUT2D eigenvalue weighted by molar-refractivity contribution is -0.150. The molecule has 1 aliphatic carbocycles. The Labute approximate surface area is 186 Å². The number of hydrogen-bond acceptors (Lipinski definition) is 5. The van der Waals surface area contributed by atoms with Gasteiger partial charge in [0.1, 0.15) is 5.58 Å². The number of para-hydroxylation sites is 1. The molecule has 5 rings (SSSR count). The minimum Gasteiger partial charge on any atom is -0.464 e. The van der Waals surface area contributed by atoms with Crippen molar-refractivity contribution < 1.29 is 23.8 Å². The van der Waals surface area contributed by atoms with Crippen LogP contribution in [0.1, 0.15) is 41.9 Å². The van der Waals surface area contributed by atoms with Crippen molar-refractivity contribution in [1.82, 2.24) is 5.32 Å². The number of nitrogens with one attached hydrogen (secondary N) is 1. The molecule has 6 heteroatoms. The molecular weight excluding hydrogens is 406 g/mol. The van der Waals surface area contributed by atoms with Crippen molar-refractivity contribution in [3.05, 3.63) is 83.3 Å². The van der Waals surface area contributed by atoms with Crippen LogP contribution in [0.15, 0.2) is 71.0 Å². The monoisotopic (exact) mass is 433 g/mol. The van der Waals surface area contributed by atoms with Gasteiger partial charge in [0.2, 0.25) is 6.29 Å². The largest absolute Gasteiger partial charge is 0.464 e. The van der Waals surface area contributed by atoms with Crippen molar-refractivity contribution >= 4 is 16.9 Å². The molecule has 1 amide bonds. The normalized spacial score (nSPS) is 20.6. The van der Waals surface area contributed by atoms with Gasteiger partial charge in [0, 0.05) is 29.8 Å². The second-order valence-corrected chi connectivity index (χ2v) is 8.55. The van der Waals surface area contributed by atoms with Crippen molar-refractivity contribution in [1.29, 1.82) is 0 Å². The van der Waals surface area contributed by atoms with E-state index in [0.29, 0.717) is 31.2 Å². The molecule has 2 aromatic carbocycles. The van der Waals surface area contributed by atoms with Crippen LogP contribution in [-0.2, 0) is 27.5 Å². The van der Waals surface area contributed by atoms with Gasteiger partial charge >= 0.3 is 0 Å². The number of amides is 1. The molecule has 2 N–H and O–H groups in total. The minimum absolute atomic E-state index is 0.0112. The van der Waals surface area contributed by atoms with Crippen LogP contribution in [0, 0.1) is 5.92 Å². The van der Waals surface area contributed by atoms with Gasteiger partial charge in [-0.2, -0.15) is 0 Å². The Morgan fingerprint density at radius 2 is 1.88 bits per heavy atom. The summed E-state index contributed by atoms with van der Waals surface area (Å²) < 4.78 is 17.8. The summed E-state index contributed by atoms with van der Waals surface area (Å²) in [5.41, 5.74) is 3.68. The predicted molar refractivity (Wildman–Crippen MR) is 119 cm³/mol. The molecule has 3 aromatic rings. The van der Waals surface area contributed by atoms with Crippen molar-refractivity contribution in [2.24, 2.45) is 5.92 Å². The summed E-state index contributed by atoms with van der Waals surface area (Å²) in [6.45, 7) is 1.05. The van der Waals surface area contributed by atoms with Crippen molar-refractivity contribution in [3.63, 3.8) is 0 Å². The van der Waals surface area contributed by atoms with Gasteiger partial charge in [0.05, 0.1) is 19.5 Å². The maximum atomic E-state index is 12.8. The van der Waals surface area contributed by atoms with Crippen LogP contribution in [0.3, 0.4) is 0 Å². The minimum atomic E-state index is -0.558. The summed E-state index contributed by atoms with van der Waals surface area (Å²) in [7, 11) is 0. The molecule has 2 atom stereocenters. The molecule has 0 radical (unpaired) electrons. The number of hydrogen-bond donors (Lipinski definition) is 2. The first-order chi connectivity index (χ1) is 15.7. The van der Waals surface area contributed by atoms with Crippen LogP contribution in [0.2, 0.25) is 0 Å². The lowest BCUT2D eigenvalue weighted by Gasteiger charge is -2.29. The highest BCUT2D eigenvalue weighted by molar-refractivity contribution is 5.92. The Morgan fingerprint density at radius 1 is 1.09 bits per heavy atom. The summed E-state index contributed by atoms with van der Waals surface area (Å²) in [5, 5.41) is 13.2. The van der Waals surface area contributed by atoms with Crippen LogP contribution in [0.25, 0.3) is 11.0 Å². The van der Waals surface area contributed by atoms with E-state index in [1.54, 1.807) is 6.26 Å². The number of aliphatic hydroxyl groups excluding tert-OH is 1. The summed E-state index contributed by atoms with van der Waals surface area (Å²) >= 11 is 0. The number of furan rings is 1. The smallest absolute Gasteiger partial charge is 0.286 e. The van der Waals surface area contributed by atoms with Gasteiger partial charge in [-0.1, -0.05) is 42.5 Å². The third kappa shape index (κ3) is 4.71. The van der Waals surface area contributed by atoms with Gasteiger partial charge in [-0.15, -0.1) is 0 Å². The molecule has 32 heavy (non-hydrogen) atoms. The number of ether oxygens (including phenoxy) is 2. The third-order valence-electron chi connectivity index (χ3n) is 6.08. The molecule has 1 saturated carbocycles. The van der Waals surface area contributed by atoms with E-state index in [1.165, 1.54) is 12.8 Å². The SMILES string of the molecule is O=C(NCC1CC1)C1=C[C@@H](c2coc3ccccc23)C[C@@H](OCc2ccc(CO)cc2)O1. The Bertz CT molecular complexity index is 1110. The number of allylic oxidation sites excluding steroid dienone is 1. The predicted octanol–water partition coefficient (Wildman–Crippen LogP) is 4.38. The van der Waals surface area contributed by atoms with E-state index in [-0.39, 0.29) is 18.4 Å². The average molecular weight is 434 g/mol. The molecule has 1 aliphatic heterocycles. The highest BCUT2D eigenvalue weighted by Gasteiger charge is 2.31. The van der Waals surface area contributed by atoms with Crippen LogP contribution in [0.4, 0.5) is 0 Å². The van der Waals surface area contributed by atoms with Crippen LogP contribution >= 0.6 is 0 Å². The Balaban J connectivity index is 1.34. The summed E-state index contributed by atoms with van der Waals surface area (Å²) in [6.07, 6.45) is 6.02. The molecular formula is C26H27NO5. The topological polar surface area (TPSA) is 80.9 Å². The number of benzene rings is 2. The second kappa shape index (κ2) is 9.18. The van der Waals surface area contributed by atoms with Gasteiger partial charge < -0.3 is 24.3 Å². The third-order valence-corrected chi connectivity index (χ3v) is 6.08. The van der Waals surface area contributed by atoms with E-state index in [1.807, 2.05) is 54.6 Å². The first-order valence-corrected chi connectivity index (χ1v) is 11.1. The zero-order valence-corrected chi connectivity index (χ0v) is 17.8. The second-order valence-electron chi connectivity index (χ2n) is 8.55. The van der Waals surface area contributed by atoms with E-state index in [4.69, 9.17) is 13.9 Å². The van der Waals surface area contributed by atoms with Crippen LogP contribution in [0.5, 0.6) is 0 Å². The Morgan fingerprint density at radius 3 is 2.66 bits per heavy atom. The van der Waals surface area contributed by atoms with E-state index in [9.17, 15) is 9.90 Å². The molecule has 2 heterocycles. The van der Waals surface area contributed by atoms with Crippen LogP contribution < -0.4 is 5.32 Å². The molecule has 0 saturated heterocycles. The van der Waals surface area contributed by atoms with Crippen molar-refractivity contribution in [2.75, 3.05) is 6.54 Å². The van der Waals surface area contributed by atoms with E-state index >= 15 is 0 Å². The highest BCUT2D eigenvalue weighted by atomic mass is 16.7. The molecule has 0 bridgehead atoms. The molecule has 6 nitrogen and oxygen atoms in total. The van der Waals surface area contributed by atoms with Crippen LogP contribution in [-0.4, -0.2) is 23.8 Å². The number of carbonyl (C=O) groups is 1. The highest BCUT2D eigenvalue weighted by Crippen LogP contribution is 2.36. The lowest BCUT2D eigenvalue weighted by atomic mass is 9.92. The van der Waals surface area contributed by atoms with Crippen molar-refractivity contribution in [2.45, 2.75) is 44.7 Å². The van der Waals surface area contributed by atoms with Crippen molar-refractivity contribution in [3.8, 4) is 0 Å². The first-order valence-electron chi connectivity index (χ1n) is 11.1. The van der Waals surface area contributed by atoms with Gasteiger partial charge in [-0.3, -0.25) is 4.79 Å². The van der Waals surface area contributed by atoms with E-state index in [2.05, 4.69) is 5.32 Å². The molecule has 1 fully saturated rings. The lowest BCUT2D eigenvalue weighted by Crippen LogP contribution is -2.33. The fourth-order valence-electron chi connectivity index (χ4n) is 4.00. The Hall–Kier alpha value is -3.09. The number of fused-ring (bicyclic) bond motifs is 1. The average Bonchev–Trinajstić information content (AvgIpc) is 3.57. The maximum Gasteiger partial charge on any atom is 0.286 e. The molecule has 166 valence electrons. The van der Waals surface area contributed by atoms with E-state index < -0.39 is 6.29 Å². The fourth-order valence-corrected chi connectivity index (χ4v) is 4.00. The summed E-state index contributed by atoms with van der Waals surface area (Å²) in [6, 6.07) is 15.5. The first kappa shape index (κ1) is 20.8. The standard InChI is InChI=1S/C26H27NO5/c28-14-18-7-9-19(10-8-18)15-31-25-12-20(22-16-30-23-4-2-1-3-21(22)23)11-24(32-25)26(29)27-13-17-5-6-17/h1-4,7-11,16-17,20,25,28H,5-6,12-15H2,(H,27,29)/t20-,25+/m1/s1. The maximum absolute atomic E-state index is 12.8. The number of aliphatic hydroxyl groups is 1. The van der Waals surface area contributed by atoms with Gasteiger partial charge in [-0.25, -0.2) is 0 Å². The quantitative estimate of drug-likeness (QED) is 0.551. The Kier molecular flexibility index (Phi) is 5.97.